The van der Waals surface area contributed by atoms with Crippen LogP contribution in [0.25, 0.3) is 0 Å². The fourth-order valence-electron chi connectivity index (χ4n) is 4.61. The quantitative estimate of drug-likeness (QED) is 0.217. The largest absolute Gasteiger partial charge is 0.379 e. The third kappa shape index (κ3) is 4.83. The smallest absolute Gasteiger partial charge is 0.191 e. The monoisotopic (exact) mass is 481 g/mol. The highest BCUT2D eigenvalue weighted by atomic mass is 127. The lowest BCUT2D eigenvalue weighted by atomic mass is 9.46. The first kappa shape index (κ1) is 22.2. The van der Waals surface area contributed by atoms with Crippen LogP contribution in [-0.2, 0) is 14.2 Å². The van der Waals surface area contributed by atoms with Gasteiger partial charge in [-0.25, -0.2) is 0 Å². The molecule has 3 aliphatic rings. The highest BCUT2D eigenvalue weighted by molar-refractivity contribution is 14.0. The number of hydrogen-bond acceptors (Lipinski definition) is 4. The maximum absolute atomic E-state index is 5.98. The lowest BCUT2D eigenvalue weighted by molar-refractivity contribution is -0.171. The Labute approximate surface area is 175 Å². The lowest BCUT2D eigenvalue weighted by Crippen LogP contribution is -2.72. The molecule has 1 aliphatic heterocycles. The molecule has 3 rings (SSSR count). The molecule has 2 saturated carbocycles. The predicted octanol–water partition coefficient (Wildman–Crippen LogP) is 2.56. The molecule has 0 radical (unpaired) electrons. The molecule has 0 aromatic carbocycles. The van der Waals surface area contributed by atoms with Gasteiger partial charge in [-0.3, -0.25) is 4.99 Å². The van der Waals surface area contributed by atoms with E-state index in [0.29, 0.717) is 43.3 Å². The number of nitrogens with one attached hydrogen (secondary N) is 2. The van der Waals surface area contributed by atoms with Crippen LogP contribution < -0.4 is 10.6 Å². The minimum absolute atomic E-state index is 0. The van der Waals surface area contributed by atoms with Crippen molar-refractivity contribution in [2.75, 3.05) is 46.6 Å². The van der Waals surface area contributed by atoms with Gasteiger partial charge < -0.3 is 24.8 Å². The van der Waals surface area contributed by atoms with Crippen molar-refractivity contribution in [1.29, 1.82) is 0 Å². The Morgan fingerprint density at radius 3 is 2.62 bits per heavy atom. The molecule has 0 amide bonds. The first-order valence-electron chi connectivity index (χ1n) is 10.1. The summed E-state index contributed by atoms with van der Waals surface area (Å²) in [5.41, 5.74) is 0.380. The van der Waals surface area contributed by atoms with Crippen LogP contribution in [0.4, 0.5) is 0 Å². The minimum Gasteiger partial charge on any atom is -0.379 e. The summed E-state index contributed by atoms with van der Waals surface area (Å²) in [4.78, 5) is 4.39. The summed E-state index contributed by atoms with van der Waals surface area (Å²) in [5, 5.41) is 7.05. The molecule has 0 aromatic rings. The van der Waals surface area contributed by atoms with E-state index >= 15 is 0 Å². The molecule has 7 heteroatoms. The van der Waals surface area contributed by atoms with Crippen LogP contribution in [0.15, 0.2) is 4.99 Å². The summed E-state index contributed by atoms with van der Waals surface area (Å²) < 4.78 is 17.1. The Morgan fingerprint density at radius 2 is 1.96 bits per heavy atom. The van der Waals surface area contributed by atoms with Gasteiger partial charge in [0.25, 0.3) is 0 Å². The van der Waals surface area contributed by atoms with Gasteiger partial charge in [-0.05, 0) is 25.7 Å². The summed E-state index contributed by atoms with van der Waals surface area (Å²) in [7, 11) is 1.84. The first-order chi connectivity index (χ1) is 12.3. The Hall–Kier alpha value is -0.120. The molecule has 3 fully saturated rings. The zero-order valence-corrected chi connectivity index (χ0v) is 18.6. The summed E-state index contributed by atoms with van der Waals surface area (Å²) in [6, 6.07) is 0.521. The number of fused-ring (bicyclic) bond motifs is 2. The molecule has 3 unspecified atom stereocenters. The Morgan fingerprint density at radius 1 is 1.19 bits per heavy atom. The average molecular weight is 481 g/mol. The van der Waals surface area contributed by atoms with Gasteiger partial charge in [-0.2, -0.15) is 0 Å². The Bertz CT molecular complexity index is 446. The van der Waals surface area contributed by atoms with E-state index in [2.05, 4.69) is 22.5 Å². The van der Waals surface area contributed by atoms with Crippen LogP contribution in [-0.4, -0.2) is 64.7 Å². The van der Waals surface area contributed by atoms with Crippen molar-refractivity contribution in [3.63, 3.8) is 0 Å². The molecule has 2 aliphatic carbocycles. The standard InChI is InChI=1S/C19H35N3O3.HI/c1-3-4-10-23-13-14-24-12-9-21-18(20-2)22-16-15-6-11-25-17(15)19(16)7-5-8-19;/h15-17H,3-14H2,1-2H3,(H2,20,21,22);1H. The number of nitrogens with zero attached hydrogens (tertiary/aromatic N) is 1. The molecule has 1 heterocycles. The normalized spacial score (nSPS) is 28.7. The molecule has 152 valence electrons. The number of unbranched alkanes of at least 4 members (excludes halogenated alkanes) is 1. The van der Waals surface area contributed by atoms with Crippen LogP contribution in [0.1, 0.15) is 45.4 Å². The van der Waals surface area contributed by atoms with E-state index in [0.717, 1.165) is 32.1 Å². The summed E-state index contributed by atoms with van der Waals surface area (Å²) in [6.45, 7) is 6.70. The molecule has 0 bridgehead atoms. The van der Waals surface area contributed by atoms with Gasteiger partial charge in [0.2, 0.25) is 0 Å². The van der Waals surface area contributed by atoms with Gasteiger partial charge in [0.05, 0.1) is 25.9 Å². The molecule has 26 heavy (non-hydrogen) atoms. The van der Waals surface area contributed by atoms with E-state index in [1.54, 1.807) is 0 Å². The second-order valence-electron chi connectivity index (χ2n) is 7.53. The second-order valence-corrected chi connectivity index (χ2v) is 7.53. The third-order valence-corrected chi connectivity index (χ3v) is 6.11. The van der Waals surface area contributed by atoms with Crippen LogP contribution >= 0.6 is 24.0 Å². The highest BCUT2D eigenvalue weighted by Gasteiger charge is 2.66. The first-order valence-corrected chi connectivity index (χ1v) is 10.1. The maximum atomic E-state index is 5.98. The number of ether oxygens (including phenoxy) is 3. The second kappa shape index (κ2) is 11.0. The maximum Gasteiger partial charge on any atom is 0.191 e. The summed E-state index contributed by atoms with van der Waals surface area (Å²) >= 11 is 0. The van der Waals surface area contributed by atoms with Crippen molar-refractivity contribution in [2.45, 2.75) is 57.6 Å². The predicted molar refractivity (Wildman–Crippen MR) is 114 cm³/mol. The molecule has 2 N–H and O–H groups in total. The molecule has 1 spiro atoms. The van der Waals surface area contributed by atoms with Crippen LogP contribution in [0.3, 0.4) is 0 Å². The van der Waals surface area contributed by atoms with E-state index in [-0.39, 0.29) is 24.0 Å². The van der Waals surface area contributed by atoms with E-state index in [9.17, 15) is 0 Å². The highest BCUT2D eigenvalue weighted by Crippen LogP contribution is 2.62. The van der Waals surface area contributed by atoms with Crippen LogP contribution in [0.5, 0.6) is 0 Å². The van der Waals surface area contributed by atoms with Crippen LogP contribution in [0.2, 0.25) is 0 Å². The summed E-state index contributed by atoms with van der Waals surface area (Å²) in [5.74, 6) is 1.56. The fraction of sp³-hybridized carbons (Fsp3) is 0.947. The molecule has 1 saturated heterocycles. The van der Waals surface area contributed by atoms with E-state index in [4.69, 9.17) is 14.2 Å². The van der Waals surface area contributed by atoms with Crippen molar-refractivity contribution in [2.24, 2.45) is 16.3 Å². The van der Waals surface area contributed by atoms with E-state index < -0.39 is 0 Å². The topological polar surface area (TPSA) is 64.1 Å². The molecular weight excluding hydrogens is 445 g/mol. The van der Waals surface area contributed by atoms with Crippen molar-refractivity contribution in [1.82, 2.24) is 10.6 Å². The fourth-order valence-corrected chi connectivity index (χ4v) is 4.61. The molecule has 6 nitrogen and oxygen atoms in total. The zero-order chi connectivity index (χ0) is 17.5. The number of hydrogen-bond donors (Lipinski definition) is 2. The number of halogens is 1. The molecule has 3 atom stereocenters. The van der Waals surface area contributed by atoms with Gasteiger partial charge in [-0.1, -0.05) is 19.8 Å². The minimum atomic E-state index is 0. The van der Waals surface area contributed by atoms with Gasteiger partial charge >= 0.3 is 0 Å². The van der Waals surface area contributed by atoms with Crippen molar-refractivity contribution in [3.05, 3.63) is 0 Å². The SMILES string of the molecule is CCCCOCCOCCNC(=NC)NC1C2CCOC2C12CCC2.I. The zero-order valence-electron chi connectivity index (χ0n) is 16.3. The van der Waals surface area contributed by atoms with Gasteiger partial charge in [-0.15, -0.1) is 24.0 Å². The van der Waals surface area contributed by atoms with Crippen molar-refractivity contribution in [3.8, 4) is 0 Å². The molecule has 0 aromatic heterocycles. The Kier molecular flexibility index (Phi) is 9.40. The Balaban J connectivity index is 0.00000243. The van der Waals surface area contributed by atoms with Crippen molar-refractivity contribution >= 4 is 29.9 Å². The number of guanidine groups is 1. The lowest BCUT2D eigenvalue weighted by Gasteiger charge is -2.63. The van der Waals surface area contributed by atoms with Crippen LogP contribution in [0, 0.1) is 11.3 Å². The van der Waals surface area contributed by atoms with Gasteiger partial charge in [0.15, 0.2) is 5.96 Å². The van der Waals surface area contributed by atoms with E-state index in [1.807, 2.05) is 7.05 Å². The average Bonchev–Trinajstić information content (AvgIpc) is 2.99. The van der Waals surface area contributed by atoms with Gasteiger partial charge in [0, 0.05) is 44.2 Å². The number of aliphatic imine (C=N–C) groups is 1. The summed E-state index contributed by atoms with van der Waals surface area (Å²) in [6.07, 6.45) is 7.90. The van der Waals surface area contributed by atoms with Crippen molar-refractivity contribution < 1.29 is 14.2 Å². The molecular formula is C19H36IN3O3. The van der Waals surface area contributed by atoms with E-state index in [1.165, 1.54) is 32.1 Å². The number of rotatable bonds is 10. The van der Waals surface area contributed by atoms with Gasteiger partial charge in [0.1, 0.15) is 0 Å². The third-order valence-electron chi connectivity index (χ3n) is 6.11.